The lowest BCUT2D eigenvalue weighted by molar-refractivity contribution is -0.151. The van der Waals surface area contributed by atoms with Crippen LogP contribution in [0.25, 0.3) is 0 Å². The first-order chi connectivity index (χ1) is 9.82. The van der Waals surface area contributed by atoms with Gasteiger partial charge in [0.25, 0.3) is 0 Å². The van der Waals surface area contributed by atoms with E-state index in [1.165, 1.54) is 0 Å². The van der Waals surface area contributed by atoms with Gasteiger partial charge in [0.1, 0.15) is 0 Å². The van der Waals surface area contributed by atoms with Crippen LogP contribution in [0.5, 0.6) is 0 Å². The van der Waals surface area contributed by atoms with Gasteiger partial charge in [-0.25, -0.2) is 4.68 Å². The van der Waals surface area contributed by atoms with Crippen molar-refractivity contribution in [2.45, 2.75) is 72.3 Å². The van der Waals surface area contributed by atoms with Gasteiger partial charge in [-0.15, -0.1) is 5.10 Å². The molecule has 0 saturated heterocycles. The number of aromatic nitrogens is 4. The third kappa shape index (κ3) is 4.02. The van der Waals surface area contributed by atoms with Gasteiger partial charge >= 0.3 is 5.97 Å². The molecule has 1 aromatic rings. The molecule has 0 amide bonds. The molecule has 1 N–H and O–H groups in total. The van der Waals surface area contributed by atoms with Gasteiger partial charge in [-0.1, -0.05) is 46.5 Å². The van der Waals surface area contributed by atoms with Gasteiger partial charge in [-0.2, -0.15) is 0 Å². The molecule has 1 aliphatic carbocycles. The molecule has 1 heterocycles. The number of rotatable bonds is 4. The second kappa shape index (κ2) is 6.12. The Morgan fingerprint density at radius 1 is 1.24 bits per heavy atom. The van der Waals surface area contributed by atoms with Crippen molar-refractivity contribution in [1.82, 2.24) is 20.2 Å². The highest BCUT2D eigenvalue weighted by atomic mass is 16.4. The van der Waals surface area contributed by atoms with Crippen LogP contribution in [0.4, 0.5) is 0 Å². The zero-order chi connectivity index (χ0) is 15.5. The summed E-state index contributed by atoms with van der Waals surface area (Å²) >= 11 is 0. The second-order valence-corrected chi connectivity index (χ2v) is 7.49. The highest BCUT2D eigenvalue weighted by Crippen LogP contribution is 2.37. The fourth-order valence-corrected chi connectivity index (χ4v) is 3.08. The first-order valence-electron chi connectivity index (χ1n) is 7.81. The van der Waals surface area contributed by atoms with Crippen molar-refractivity contribution in [1.29, 1.82) is 0 Å². The monoisotopic (exact) mass is 294 g/mol. The van der Waals surface area contributed by atoms with E-state index in [-0.39, 0.29) is 5.41 Å². The van der Waals surface area contributed by atoms with Gasteiger partial charge in [-0.05, 0) is 28.7 Å². The third-order valence-corrected chi connectivity index (χ3v) is 4.26. The summed E-state index contributed by atoms with van der Waals surface area (Å²) in [5.41, 5.74) is -0.634. The first-order valence-corrected chi connectivity index (χ1v) is 7.81. The van der Waals surface area contributed by atoms with E-state index in [0.29, 0.717) is 6.54 Å². The van der Waals surface area contributed by atoms with Crippen LogP contribution in [-0.2, 0) is 17.8 Å². The van der Waals surface area contributed by atoms with Crippen molar-refractivity contribution in [2.75, 3.05) is 0 Å². The minimum absolute atomic E-state index is 0.0757. The van der Waals surface area contributed by atoms with E-state index >= 15 is 0 Å². The molecule has 0 aliphatic heterocycles. The lowest BCUT2D eigenvalue weighted by atomic mass is 9.80. The van der Waals surface area contributed by atoms with Gasteiger partial charge in [0.05, 0.1) is 12.0 Å². The van der Waals surface area contributed by atoms with E-state index in [1.54, 1.807) is 4.68 Å². The first kappa shape index (κ1) is 15.9. The maximum Gasteiger partial charge on any atom is 0.311 e. The van der Waals surface area contributed by atoms with Crippen LogP contribution in [0.15, 0.2) is 0 Å². The molecule has 0 aromatic carbocycles. The zero-order valence-electron chi connectivity index (χ0n) is 13.3. The number of hydrogen-bond donors (Lipinski definition) is 1. The van der Waals surface area contributed by atoms with Crippen LogP contribution in [0.3, 0.4) is 0 Å². The number of hydrogen-bond acceptors (Lipinski definition) is 4. The smallest absolute Gasteiger partial charge is 0.311 e. The molecule has 21 heavy (non-hydrogen) atoms. The molecule has 1 aromatic heterocycles. The molecule has 2 rings (SSSR count). The molecule has 1 saturated carbocycles. The summed E-state index contributed by atoms with van der Waals surface area (Å²) in [5, 5.41) is 21.6. The predicted molar refractivity (Wildman–Crippen MR) is 78.7 cm³/mol. The molecule has 6 heteroatoms. The zero-order valence-corrected chi connectivity index (χ0v) is 13.3. The highest BCUT2D eigenvalue weighted by molar-refractivity contribution is 5.74. The van der Waals surface area contributed by atoms with Crippen molar-refractivity contribution in [3.05, 3.63) is 5.82 Å². The summed E-state index contributed by atoms with van der Waals surface area (Å²) in [6.07, 6.45) is 6.38. The third-order valence-electron chi connectivity index (χ3n) is 4.26. The normalized spacial score (nSPS) is 19.2. The highest BCUT2D eigenvalue weighted by Gasteiger charge is 2.40. The standard InChI is InChI=1S/C15H26N4O2/c1-14(2,3)10-12-16-17-18-19(12)11-15(13(20)21)8-6-4-5-7-9-15/h4-11H2,1-3H3,(H,20,21). The number of carboxylic acids is 1. The molecule has 0 radical (unpaired) electrons. The van der Waals surface area contributed by atoms with Crippen LogP contribution >= 0.6 is 0 Å². The van der Waals surface area contributed by atoms with Crippen LogP contribution in [0.1, 0.15) is 65.1 Å². The molecule has 0 bridgehead atoms. The van der Waals surface area contributed by atoms with Crippen LogP contribution in [-0.4, -0.2) is 31.3 Å². The number of nitrogens with zero attached hydrogens (tertiary/aromatic N) is 4. The van der Waals surface area contributed by atoms with Gasteiger partial charge in [0.2, 0.25) is 0 Å². The number of tetrazole rings is 1. The predicted octanol–water partition coefficient (Wildman–Crippen LogP) is 2.69. The van der Waals surface area contributed by atoms with E-state index in [0.717, 1.165) is 50.8 Å². The molecule has 1 aliphatic rings. The summed E-state index contributed by atoms with van der Waals surface area (Å²) in [7, 11) is 0. The maximum absolute atomic E-state index is 11.9. The van der Waals surface area contributed by atoms with Crippen LogP contribution in [0.2, 0.25) is 0 Å². The minimum Gasteiger partial charge on any atom is -0.481 e. The summed E-state index contributed by atoms with van der Waals surface area (Å²) in [6.45, 7) is 6.78. The van der Waals surface area contributed by atoms with Crippen LogP contribution in [0, 0.1) is 10.8 Å². The Morgan fingerprint density at radius 3 is 2.38 bits per heavy atom. The van der Waals surface area contributed by atoms with Gasteiger partial charge in [0.15, 0.2) is 5.82 Å². The molecular weight excluding hydrogens is 268 g/mol. The molecule has 6 nitrogen and oxygen atoms in total. The van der Waals surface area contributed by atoms with Crippen LogP contribution < -0.4 is 0 Å². The van der Waals surface area contributed by atoms with Gasteiger partial charge < -0.3 is 5.11 Å². The molecule has 118 valence electrons. The van der Waals surface area contributed by atoms with E-state index in [4.69, 9.17) is 0 Å². The van der Waals surface area contributed by atoms with Crippen molar-refractivity contribution < 1.29 is 9.90 Å². The molecule has 1 fully saturated rings. The van der Waals surface area contributed by atoms with Crippen molar-refractivity contribution in [2.24, 2.45) is 10.8 Å². The largest absolute Gasteiger partial charge is 0.481 e. The number of carbonyl (C=O) groups is 1. The molecular formula is C15H26N4O2. The molecule has 0 atom stereocenters. The second-order valence-electron chi connectivity index (χ2n) is 7.49. The van der Waals surface area contributed by atoms with Crippen molar-refractivity contribution in [3.63, 3.8) is 0 Å². The van der Waals surface area contributed by atoms with Gasteiger partial charge in [-0.3, -0.25) is 4.79 Å². The Balaban J connectivity index is 2.21. The summed E-state index contributed by atoms with van der Waals surface area (Å²) in [4.78, 5) is 11.9. The fourth-order valence-electron chi connectivity index (χ4n) is 3.08. The summed E-state index contributed by atoms with van der Waals surface area (Å²) in [6, 6.07) is 0. The Morgan fingerprint density at radius 2 is 1.86 bits per heavy atom. The quantitative estimate of drug-likeness (QED) is 0.863. The average Bonchev–Trinajstić information content (AvgIpc) is 2.64. The van der Waals surface area contributed by atoms with E-state index < -0.39 is 11.4 Å². The topological polar surface area (TPSA) is 80.9 Å². The molecule has 0 spiro atoms. The van der Waals surface area contributed by atoms with E-state index in [1.807, 2.05) is 0 Å². The number of aliphatic carboxylic acids is 1. The summed E-state index contributed by atoms with van der Waals surface area (Å²) in [5.74, 6) is 0.0778. The fraction of sp³-hybridized carbons (Fsp3) is 0.867. The maximum atomic E-state index is 11.9. The van der Waals surface area contributed by atoms with Gasteiger partial charge in [0, 0.05) is 6.42 Å². The number of carboxylic acid groups (broad SMARTS) is 1. The van der Waals surface area contributed by atoms with Crippen molar-refractivity contribution in [3.8, 4) is 0 Å². The Bertz CT molecular complexity index is 482. The Hall–Kier alpha value is -1.46. The average molecular weight is 294 g/mol. The van der Waals surface area contributed by atoms with E-state index in [9.17, 15) is 9.90 Å². The SMILES string of the molecule is CC(C)(C)Cc1nnnn1CC1(C(=O)O)CCCCCC1. The minimum atomic E-state index is -0.710. The Kier molecular flexibility index (Phi) is 4.64. The van der Waals surface area contributed by atoms with Crippen molar-refractivity contribution >= 4 is 5.97 Å². The Labute approximate surface area is 125 Å². The lowest BCUT2D eigenvalue weighted by Crippen LogP contribution is -2.36. The lowest BCUT2D eigenvalue weighted by Gasteiger charge is -2.28. The molecule has 0 unspecified atom stereocenters. The van der Waals surface area contributed by atoms with E-state index in [2.05, 4.69) is 36.3 Å². The summed E-state index contributed by atoms with van der Waals surface area (Å²) < 4.78 is 1.71.